The van der Waals surface area contributed by atoms with E-state index in [-0.39, 0.29) is 0 Å². The molecule has 0 saturated heterocycles. The highest BCUT2D eigenvalue weighted by Gasteiger charge is 2.16. The van der Waals surface area contributed by atoms with Crippen molar-refractivity contribution >= 4 is 11.9 Å². The van der Waals surface area contributed by atoms with Crippen molar-refractivity contribution in [2.24, 2.45) is 0 Å². The summed E-state index contributed by atoms with van der Waals surface area (Å²) < 4.78 is 5.02. The van der Waals surface area contributed by atoms with Crippen LogP contribution < -0.4 is 10.1 Å². The van der Waals surface area contributed by atoms with Crippen LogP contribution in [0.25, 0.3) is 0 Å². The van der Waals surface area contributed by atoms with Crippen molar-refractivity contribution < 1.29 is 19.4 Å². The molecule has 1 rings (SSSR count). The van der Waals surface area contributed by atoms with Gasteiger partial charge in [-0.1, -0.05) is 0 Å². The molecule has 0 aromatic heterocycles. The smallest absolute Gasteiger partial charge is 0.325 e. The van der Waals surface area contributed by atoms with Crippen LogP contribution >= 0.6 is 0 Å². The Labute approximate surface area is 99.4 Å². The molecule has 1 aromatic rings. The summed E-state index contributed by atoms with van der Waals surface area (Å²) >= 11 is 0. The Kier molecular flexibility index (Phi) is 4.09. The summed E-state index contributed by atoms with van der Waals surface area (Å²) in [6.45, 7) is 3.18. The van der Waals surface area contributed by atoms with Crippen LogP contribution in [0.3, 0.4) is 0 Å². The number of aliphatic carboxylic acids is 1. The quantitative estimate of drug-likeness (QED) is 0.825. The predicted molar refractivity (Wildman–Crippen MR) is 62.3 cm³/mol. The van der Waals surface area contributed by atoms with Gasteiger partial charge in [-0.15, -0.1) is 0 Å². The highest BCUT2D eigenvalue weighted by Crippen LogP contribution is 2.16. The summed E-state index contributed by atoms with van der Waals surface area (Å²) in [5.41, 5.74) is 1.18. The predicted octanol–water partition coefficient (Wildman–Crippen LogP) is 1.21. The second-order valence-corrected chi connectivity index (χ2v) is 3.71. The number of hydrogen-bond acceptors (Lipinski definition) is 3. The standard InChI is InChI=1S/C12H15NO4/c1-7-6-9(17-3)4-5-10(7)11(14)13-8(2)12(15)16/h4-6,8H,1-3H3,(H,13,14)(H,15,16). The number of hydrogen-bond donors (Lipinski definition) is 2. The van der Waals surface area contributed by atoms with Gasteiger partial charge in [-0.05, 0) is 37.6 Å². The summed E-state index contributed by atoms with van der Waals surface area (Å²) in [5, 5.41) is 11.1. The van der Waals surface area contributed by atoms with Gasteiger partial charge in [-0.3, -0.25) is 9.59 Å². The van der Waals surface area contributed by atoms with E-state index in [0.717, 1.165) is 5.56 Å². The first-order chi connectivity index (χ1) is 7.95. The largest absolute Gasteiger partial charge is 0.497 e. The van der Waals surface area contributed by atoms with Gasteiger partial charge in [0, 0.05) is 5.56 Å². The maximum Gasteiger partial charge on any atom is 0.325 e. The normalized spacial score (nSPS) is 11.7. The van der Waals surface area contributed by atoms with E-state index in [1.165, 1.54) is 6.92 Å². The van der Waals surface area contributed by atoms with Crippen LogP contribution in [0.15, 0.2) is 18.2 Å². The van der Waals surface area contributed by atoms with Gasteiger partial charge < -0.3 is 15.2 Å². The van der Waals surface area contributed by atoms with E-state index in [1.54, 1.807) is 32.2 Å². The Morgan fingerprint density at radius 2 is 2.06 bits per heavy atom. The molecular weight excluding hydrogens is 222 g/mol. The minimum Gasteiger partial charge on any atom is -0.497 e. The summed E-state index contributed by atoms with van der Waals surface area (Å²) in [6.07, 6.45) is 0. The first kappa shape index (κ1) is 13.0. The molecule has 0 saturated carbocycles. The zero-order chi connectivity index (χ0) is 13.0. The van der Waals surface area contributed by atoms with Gasteiger partial charge in [0.05, 0.1) is 7.11 Å². The molecule has 17 heavy (non-hydrogen) atoms. The molecule has 1 aromatic carbocycles. The number of carboxylic acid groups (broad SMARTS) is 1. The molecule has 0 heterocycles. The minimum absolute atomic E-state index is 0.403. The average Bonchev–Trinajstić information content (AvgIpc) is 2.28. The molecule has 2 N–H and O–H groups in total. The van der Waals surface area contributed by atoms with Crippen molar-refractivity contribution in [1.82, 2.24) is 5.32 Å². The number of aryl methyl sites for hydroxylation is 1. The molecule has 92 valence electrons. The molecule has 0 aliphatic carbocycles. The van der Waals surface area contributed by atoms with Crippen molar-refractivity contribution in [2.75, 3.05) is 7.11 Å². The minimum atomic E-state index is -1.07. The first-order valence-corrected chi connectivity index (χ1v) is 5.14. The van der Waals surface area contributed by atoms with Crippen LogP contribution in [0.5, 0.6) is 5.75 Å². The Bertz CT molecular complexity index is 442. The van der Waals surface area contributed by atoms with E-state index in [1.807, 2.05) is 0 Å². The first-order valence-electron chi connectivity index (χ1n) is 5.14. The van der Waals surface area contributed by atoms with E-state index in [4.69, 9.17) is 9.84 Å². The molecule has 0 aliphatic heterocycles. The molecule has 5 heteroatoms. The number of carbonyl (C=O) groups is 2. The SMILES string of the molecule is COc1ccc(C(=O)NC(C)C(=O)O)c(C)c1. The number of rotatable bonds is 4. The monoisotopic (exact) mass is 237 g/mol. The maximum atomic E-state index is 11.8. The van der Waals surface area contributed by atoms with Crippen molar-refractivity contribution in [2.45, 2.75) is 19.9 Å². The summed E-state index contributed by atoms with van der Waals surface area (Å²) in [4.78, 5) is 22.4. The topological polar surface area (TPSA) is 75.6 Å². The van der Waals surface area contributed by atoms with Gasteiger partial charge in [0.25, 0.3) is 5.91 Å². The van der Waals surface area contributed by atoms with Crippen LogP contribution in [0, 0.1) is 6.92 Å². The average molecular weight is 237 g/mol. The second kappa shape index (κ2) is 5.34. The fraction of sp³-hybridized carbons (Fsp3) is 0.333. The lowest BCUT2D eigenvalue weighted by Gasteiger charge is -2.11. The molecule has 1 atom stereocenters. The van der Waals surface area contributed by atoms with Gasteiger partial charge in [0.1, 0.15) is 11.8 Å². The van der Waals surface area contributed by atoms with E-state index >= 15 is 0 Å². The lowest BCUT2D eigenvalue weighted by Crippen LogP contribution is -2.38. The number of amides is 1. The molecule has 0 fully saturated rings. The van der Waals surface area contributed by atoms with Gasteiger partial charge in [-0.25, -0.2) is 0 Å². The number of benzene rings is 1. The highest BCUT2D eigenvalue weighted by atomic mass is 16.5. The maximum absolute atomic E-state index is 11.8. The van der Waals surface area contributed by atoms with Crippen LogP contribution in [-0.2, 0) is 4.79 Å². The summed E-state index contributed by atoms with van der Waals surface area (Å²) in [6, 6.07) is 4.08. The number of carbonyl (C=O) groups excluding carboxylic acids is 1. The number of carboxylic acids is 1. The van der Waals surface area contributed by atoms with E-state index in [9.17, 15) is 9.59 Å². The third-order valence-corrected chi connectivity index (χ3v) is 2.40. The van der Waals surface area contributed by atoms with Gasteiger partial charge in [-0.2, -0.15) is 0 Å². The van der Waals surface area contributed by atoms with Crippen LogP contribution in [0.1, 0.15) is 22.8 Å². The Morgan fingerprint density at radius 3 is 2.53 bits per heavy atom. The fourth-order valence-electron chi connectivity index (χ4n) is 1.35. The zero-order valence-corrected chi connectivity index (χ0v) is 9.98. The fourth-order valence-corrected chi connectivity index (χ4v) is 1.35. The Hall–Kier alpha value is -2.04. The molecule has 0 radical (unpaired) electrons. The highest BCUT2D eigenvalue weighted by molar-refractivity contribution is 5.97. The molecule has 5 nitrogen and oxygen atoms in total. The van der Waals surface area contributed by atoms with E-state index in [0.29, 0.717) is 11.3 Å². The third kappa shape index (κ3) is 3.21. The molecular formula is C12H15NO4. The van der Waals surface area contributed by atoms with Gasteiger partial charge >= 0.3 is 5.97 Å². The van der Waals surface area contributed by atoms with Crippen molar-refractivity contribution in [3.63, 3.8) is 0 Å². The van der Waals surface area contributed by atoms with Gasteiger partial charge in [0.2, 0.25) is 0 Å². The van der Waals surface area contributed by atoms with Crippen molar-refractivity contribution in [1.29, 1.82) is 0 Å². The Balaban J connectivity index is 2.86. The lowest BCUT2D eigenvalue weighted by atomic mass is 10.1. The summed E-state index contributed by atoms with van der Waals surface area (Å²) in [5.74, 6) is -0.810. The third-order valence-electron chi connectivity index (χ3n) is 2.40. The van der Waals surface area contributed by atoms with Crippen LogP contribution in [0.4, 0.5) is 0 Å². The molecule has 0 aliphatic rings. The molecule has 1 amide bonds. The molecule has 0 bridgehead atoms. The number of ether oxygens (including phenoxy) is 1. The lowest BCUT2D eigenvalue weighted by molar-refractivity contribution is -0.138. The van der Waals surface area contributed by atoms with E-state index in [2.05, 4.69) is 5.32 Å². The zero-order valence-electron chi connectivity index (χ0n) is 9.98. The Morgan fingerprint density at radius 1 is 1.41 bits per heavy atom. The van der Waals surface area contributed by atoms with Crippen molar-refractivity contribution in [3.05, 3.63) is 29.3 Å². The number of nitrogens with one attached hydrogen (secondary N) is 1. The molecule has 0 spiro atoms. The van der Waals surface area contributed by atoms with Crippen LogP contribution in [-0.4, -0.2) is 30.1 Å². The number of methoxy groups -OCH3 is 1. The van der Waals surface area contributed by atoms with Gasteiger partial charge in [0.15, 0.2) is 0 Å². The second-order valence-electron chi connectivity index (χ2n) is 3.71. The summed E-state index contributed by atoms with van der Waals surface area (Å²) in [7, 11) is 1.54. The molecule has 1 unspecified atom stereocenters. The van der Waals surface area contributed by atoms with Crippen molar-refractivity contribution in [3.8, 4) is 5.75 Å². The van der Waals surface area contributed by atoms with Crippen LogP contribution in [0.2, 0.25) is 0 Å². The van der Waals surface area contributed by atoms with E-state index < -0.39 is 17.9 Å².